The number of hydrogen-bond donors (Lipinski definition) is 1. The minimum atomic E-state index is -1.90. The van der Waals surface area contributed by atoms with Crippen LogP contribution in [0.15, 0.2) is 126 Å². The summed E-state index contributed by atoms with van der Waals surface area (Å²) in [7, 11) is 1.48. The van der Waals surface area contributed by atoms with Gasteiger partial charge in [-0.1, -0.05) is 72.8 Å². The molecule has 1 fully saturated rings. The van der Waals surface area contributed by atoms with Gasteiger partial charge in [0.1, 0.15) is 35.1 Å². The summed E-state index contributed by atoms with van der Waals surface area (Å²) >= 11 is 0. The van der Waals surface area contributed by atoms with Gasteiger partial charge in [0.25, 0.3) is 5.91 Å². The van der Waals surface area contributed by atoms with Crippen LogP contribution in [0.25, 0.3) is 0 Å². The topological polar surface area (TPSA) is 143 Å². The van der Waals surface area contributed by atoms with Crippen molar-refractivity contribution in [2.24, 2.45) is 0 Å². The lowest BCUT2D eigenvalue weighted by molar-refractivity contribution is -0.135. The van der Waals surface area contributed by atoms with Crippen molar-refractivity contribution in [3.05, 3.63) is 154 Å². The number of ether oxygens (including phenoxy) is 4. The Morgan fingerprint density at radius 2 is 1.50 bits per heavy atom. The Morgan fingerprint density at radius 3 is 2.05 bits per heavy atom. The van der Waals surface area contributed by atoms with Gasteiger partial charge in [-0.05, 0) is 66.1 Å². The van der Waals surface area contributed by atoms with Crippen molar-refractivity contribution in [2.45, 2.75) is 49.7 Å². The van der Waals surface area contributed by atoms with Gasteiger partial charge in [0.05, 0.1) is 39.4 Å². The number of methoxy groups -OCH3 is 2. The molecule has 56 heavy (non-hydrogen) atoms. The molecular formula is C42H42FN4O8P. The summed E-state index contributed by atoms with van der Waals surface area (Å²) in [5.74, 6) is 0.820. The molecule has 0 radical (unpaired) electrons. The third-order valence-electron chi connectivity index (χ3n) is 9.34. The monoisotopic (exact) mass is 780 g/mol. The van der Waals surface area contributed by atoms with Gasteiger partial charge >= 0.3 is 5.69 Å². The molecule has 12 nitrogen and oxygen atoms in total. The van der Waals surface area contributed by atoms with Gasteiger partial charge in [-0.2, -0.15) is 10.2 Å². The second-order valence-corrected chi connectivity index (χ2v) is 14.2. The van der Waals surface area contributed by atoms with E-state index in [9.17, 15) is 9.59 Å². The molecule has 14 heteroatoms. The zero-order valence-electron chi connectivity index (χ0n) is 31.3. The van der Waals surface area contributed by atoms with Crippen molar-refractivity contribution < 1.29 is 37.2 Å². The number of nitrogens with zero attached hydrogens (tertiary/aromatic N) is 3. The Morgan fingerprint density at radius 1 is 0.929 bits per heavy atom. The van der Waals surface area contributed by atoms with Crippen LogP contribution in [0, 0.1) is 11.3 Å². The Balaban J connectivity index is 1.38. The molecule has 0 bridgehead atoms. The van der Waals surface area contributed by atoms with Gasteiger partial charge in [-0.15, -0.1) is 0 Å². The number of anilines is 1. The lowest BCUT2D eigenvalue weighted by Gasteiger charge is -2.40. The number of carbonyl (C=O) groups excluding carboxylic acids is 1. The highest BCUT2D eigenvalue weighted by Crippen LogP contribution is 2.47. The van der Waals surface area contributed by atoms with Crippen molar-refractivity contribution in [1.82, 2.24) is 9.55 Å². The van der Waals surface area contributed by atoms with E-state index in [2.05, 4.69) is 10.3 Å². The van der Waals surface area contributed by atoms with Crippen LogP contribution < -0.4 is 20.5 Å². The Labute approximate surface area is 325 Å². The smallest absolute Gasteiger partial charge is 0.351 e. The lowest BCUT2D eigenvalue weighted by Crippen LogP contribution is -2.44. The molecule has 1 N–H and O–H groups in total. The summed E-state index contributed by atoms with van der Waals surface area (Å²) in [5.41, 5.74) is 0.511. The van der Waals surface area contributed by atoms with Gasteiger partial charge in [-0.25, -0.2) is 9.18 Å². The van der Waals surface area contributed by atoms with Crippen LogP contribution in [0.1, 0.15) is 46.6 Å². The van der Waals surface area contributed by atoms with E-state index >= 15 is 4.39 Å². The van der Waals surface area contributed by atoms with E-state index in [1.54, 1.807) is 58.1 Å². The van der Waals surface area contributed by atoms with E-state index in [0.717, 1.165) is 21.3 Å². The number of benzene rings is 4. The fraction of sp³-hybridized carbons (Fsp3) is 0.286. The first kappa shape index (κ1) is 40.2. The zero-order valence-corrected chi connectivity index (χ0v) is 32.2. The number of rotatable bonds is 16. The summed E-state index contributed by atoms with van der Waals surface area (Å²) in [5, 5.41) is 11.7. The van der Waals surface area contributed by atoms with E-state index < -0.39 is 56.3 Å². The average Bonchev–Trinajstić information content (AvgIpc) is 3.55. The third kappa shape index (κ3) is 8.81. The molecule has 6 rings (SSSR count). The SMILES string of the molecule is COc1ccc(C(O[C@H](C)C2O[C@@H](n3ccc(NC(=O)c4ccccc4)nc3=O)[C@H](F)[C@@H]2OP(C)OCCC#N)(c2ccccc2)c2ccc(OC)cc2)cc1. The Hall–Kier alpha value is -5.48. The molecular weight excluding hydrogens is 738 g/mol. The van der Waals surface area contributed by atoms with Crippen LogP contribution in [-0.4, -0.2) is 67.4 Å². The summed E-state index contributed by atoms with van der Waals surface area (Å²) in [6, 6.07) is 36.5. The third-order valence-corrected chi connectivity index (χ3v) is 10.4. The number of aromatic nitrogens is 2. The number of amides is 1. The molecule has 1 aliphatic heterocycles. The zero-order chi connectivity index (χ0) is 39.7. The molecule has 0 spiro atoms. The standard InChI is InChI=1S/C42H42FN4O8P/c1-28(54-42(30-14-9-6-10-15-30,31-16-20-33(50-2)21-17-31)32-18-22-34(51-3)23-19-32)37-38(55-56(4)52-27-11-25-44)36(43)40(53-37)47-26-24-35(46-41(47)49)45-39(48)29-12-7-5-8-13-29/h5-10,12-24,26,28,36-38,40H,11,27H2,1-4H3,(H,45,46,48,49)/t28-,36-,37?,38+,40-,56?/m1/s1. The second-order valence-electron chi connectivity index (χ2n) is 12.8. The molecule has 4 aromatic carbocycles. The van der Waals surface area contributed by atoms with E-state index in [0.29, 0.717) is 17.1 Å². The normalized spacial score (nSPS) is 19.1. The fourth-order valence-electron chi connectivity index (χ4n) is 6.62. The maximum atomic E-state index is 16.9. The highest BCUT2D eigenvalue weighted by atomic mass is 31.2. The number of carbonyl (C=O) groups is 1. The predicted octanol–water partition coefficient (Wildman–Crippen LogP) is 7.40. The van der Waals surface area contributed by atoms with Crippen molar-refractivity contribution in [3.63, 3.8) is 0 Å². The Bertz CT molecular complexity index is 2110. The maximum Gasteiger partial charge on any atom is 0.351 e. The number of halogens is 1. The van der Waals surface area contributed by atoms with Crippen molar-refractivity contribution in [3.8, 4) is 17.6 Å². The molecule has 0 aliphatic carbocycles. The molecule has 1 saturated heterocycles. The molecule has 290 valence electrons. The summed E-state index contributed by atoms with van der Waals surface area (Å²) in [4.78, 5) is 30.2. The Kier molecular flexibility index (Phi) is 13.2. The van der Waals surface area contributed by atoms with Crippen molar-refractivity contribution in [2.75, 3.05) is 32.8 Å². The highest BCUT2D eigenvalue weighted by Gasteiger charge is 2.53. The first-order chi connectivity index (χ1) is 27.2. The minimum absolute atomic E-state index is 0.0100. The fourth-order valence-corrected chi connectivity index (χ4v) is 7.61. The number of hydrogen-bond acceptors (Lipinski definition) is 10. The summed E-state index contributed by atoms with van der Waals surface area (Å²) in [6.07, 6.45) is -5.21. The van der Waals surface area contributed by atoms with Gasteiger partial charge in [0.15, 0.2) is 20.8 Å². The first-order valence-electron chi connectivity index (χ1n) is 17.9. The number of nitriles is 1. The molecule has 1 aromatic heterocycles. The second kappa shape index (κ2) is 18.4. The predicted molar refractivity (Wildman–Crippen MR) is 208 cm³/mol. The molecule has 6 atom stereocenters. The highest BCUT2D eigenvalue weighted by molar-refractivity contribution is 7.46. The van der Waals surface area contributed by atoms with Crippen LogP contribution >= 0.6 is 8.38 Å². The molecule has 1 aliphatic rings. The van der Waals surface area contributed by atoms with Gasteiger partial charge in [-0.3, -0.25) is 9.36 Å². The van der Waals surface area contributed by atoms with Crippen LogP contribution in [0.5, 0.6) is 11.5 Å². The van der Waals surface area contributed by atoms with E-state index in [4.69, 9.17) is 33.3 Å². The average molecular weight is 781 g/mol. The van der Waals surface area contributed by atoms with Crippen LogP contribution in [0.3, 0.4) is 0 Å². The van der Waals surface area contributed by atoms with Crippen molar-refractivity contribution >= 4 is 20.1 Å². The van der Waals surface area contributed by atoms with Crippen LogP contribution in [0.4, 0.5) is 10.2 Å². The first-order valence-corrected chi connectivity index (χ1v) is 19.5. The molecule has 2 heterocycles. The van der Waals surface area contributed by atoms with E-state index in [-0.39, 0.29) is 18.8 Å². The lowest BCUT2D eigenvalue weighted by atomic mass is 9.79. The molecule has 5 aromatic rings. The minimum Gasteiger partial charge on any atom is -0.497 e. The molecule has 2 unspecified atom stereocenters. The largest absolute Gasteiger partial charge is 0.497 e. The van der Waals surface area contributed by atoms with Gasteiger partial charge in [0, 0.05) is 18.4 Å². The van der Waals surface area contributed by atoms with Crippen LogP contribution in [0.2, 0.25) is 0 Å². The summed E-state index contributed by atoms with van der Waals surface area (Å²) < 4.78 is 54.5. The van der Waals surface area contributed by atoms with E-state index in [1.165, 1.54) is 12.3 Å². The molecule has 0 saturated carbocycles. The number of nitrogens with one attached hydrogen (secondary N) is 1. The van der Waals surface area contributed by atoms with Crippen molar-refractivity contribution in [1.29, 1.82) is 5.26 Å². The van der Waals surface area contributed by atoms with Gasteiger partial charge in [0.2, 0.25) is 0 Å². The van der Waals surface area contributed by atoms with Gasteiger partial charge < -0.3 is 33.3 Å². The number of alkyl halides is 1. The molecule has 1 amide bonds. The summed E-state index contributed by atoms with van der Waals surface area (Å²) in [6.45, 7) is 3.52. The van der Waals surface area contributed by atoms with Crippen LogP contribution in [-0.2, 0) is 24.1 Å². The quantitative estimate of drug-likeness (QED) is 0.0611. The van der Waals surface area contributed by atoms with E-state index in [1.807, 2.05) is 84.9 Å². The maximum absolute atomic E-state index is 16.9.